The van der Waals surface area contributed by atoms with Gasteiger partial charge in [-0.1, -0.05) is 24.3 Å². The normalized spacial score (nSPS) is 34.1. The van der Waals surface area contributed by atoms with Gasteiger partial charge in [0.1, 0.15) is 29.2 Å². The average molecular weight is 336 g/mol. The minimum Gasteiger partial charge on any atom is -0.448 e. The molecule has 2 aliphatic heterocycles. The van der Waals surface area contributed by atoms with Crippen LogP contribution >= 0.6 is 0 Å². The second-order valence-corrected chi connectivity index (χ2v) is 7.38. The third-order valence-corrected chi connectivity index (χ3v) is 6.13. The first-order valence-corrected chi connectivity index (χ1v) is 8.78. The van der Waals surface area contributed by atoms with Gasteiger partial charge in [-0.25, -0.2) is 0 Å². The smallest absolute Gasteiger partial charge is 0.284 e. The Bertz CT molecular complexity index is 908. The number of carbonyl (C=O) groups is 2. The van der Waals surface area contributed by atoms with Crippen molar-refractivity contribution in [2.45, 2.75) is 37.3 Å². The number of ketones is 2. The summed E-state index contributed by atoms with van der Waals surface area (Å²) in [5.41, 5.74) is 0. The Hall–Kier alpha value is -2.40. The fraction of sp³-hybridized carbons (Fsp3) is 0.400. The van der Waals surface area contributed by atoms with Crippen molar-refractivity contribution in [2.75, 3.05) is 0 Å². The van der Waals surface area contributed by atoms with Crippen LogP contribution in [0.15, 0.2) is 36.4 Å². The fourth-order valence-electron chi connectivity index (χ4n) is 5.15. The van der Waals surface area contributed by atoms with Gasteiger partial charge in [-0.05, 0) is 23.9 Å². The lowest BCUT2D eigenvalue weighted by molar-refractivity contribution is -0.202. The van der Waals surface area contributed by atoms with E-state index in [4.69, 9.17) is 14.2 Å². The summed E-state index contributed by atoms with van der Waals surface area (Å²) in [7, 11) is 0. The minimum absolute atomic E-state index is 0.00107. The van der Waals surface area contributed by atoms with Crippen LogP contribution in [-0.2, 0) is 14.3 Å². The van der Waals surface area contributed by atoms with Crippen LogP contribution in [0.2, 0.25) is 0 Å². The maximum absolute atomic E-state index is 12.5. The number of carbonyl (C=O) groups excluding carboxylic acids is 2. The van der Waals surface area contributed by atoms with E-state index >= 15 is 0 Å². The van der Waals surface area contributed by atoms with E-state index in [1.807, 2.05) is 36.4 Å². The first-order valence-electron chi connectivity index (χ1n) is 8.78. The minimum atomic E-state index is -1.08. The van der Waals surface area contributed by atoms with Crippen molar-refractivity contribution in [2.24, 2.45) is 11.8 Å². The molecule has 5 nitrogen and oxygen atoms in total. The Morgan fingerprint density at radius 2 is 1.68 bits per heavy atom. The molecule has 4 unspecified atom stereocenters. The topological polar surface area (TPSA) is 61.8 Å². The first-order chi connectivity index (χ1) is 12.2. The van der Waals surface area contributed by atoms with Crippen molar-refractivity contribution in [3.63, 3.8) is 0 Å². The SMILES string of the molecule is O=C1CCC2OC3CC(=O)C1C2C31Oc2cccc3cccc(c23)O1. The third-order valence-electron chi connectivity index (χ3n) is 6.13. The lowest BCUT2D eigenvalue weighted by Gasteiger charge is -2.47. The monoisotopic (exact) mass is 336 g/mol. The van der Waals surface area contributed by atoms with Crippen molar-refractivity contribution in [3.8, 4) is 11.5 Å². The van der Waals surface area contributed by atoms with Gasteiger partial charge in [-0.3, -0.25) is 9.59 Å². The predicted octanol–water partition coefficient (Wildman–Crippen LogP) is 2.64. The maximum atomic E-state index is 12.5. The molecule has 2 aliphatic carbocycles. The molecule has 0 aromatic heterocycles. The summed E-state index contributed by atoms with van der Waals surface area (Å²) < 4.78 is 19.0. The van der Waals surface area contributed by atoms with Gasteiger partial charge in [-0.2, -0.15) is 0 Å². The zero-order chi connectivity index (χ0) is 16.8. The number of Topliss-reactive ketones (excluding diaryl/α,β-unsaturated/α-hetero) is 2. The molecule has 25 heavy (non-hydrogen) atoms. The van der Waals surface area contributed by atoms with Crippen LogP contribution in [0.1, 0.15) is 19.3 Å². The molecule has 4 atom stereocenters. The maximum Gasteiger partial charge on any atom is 0.284 e. The number of hydrogen-bond acceptors (Lipinski definition) is 5. The highest BCUT2D eigenvalue weighted by Gasteiger charge is 2.71. The van der Waals surface area contributed by atoms with Crippen molar-refractivity contribution in [3.05, 3.63) is 36.4 Å². The molecule has 1 spiro atoms. The summed E-state index contributed by atoms with van der Waals surface area (Å²) in [5, 5.41) is 1.98. The van der Waals surface area contributed by atoms with Gasteiger partial charge in [-0.15, -0.1) is 0 Å². The van der Waals surface area contributed by atoms with E-state index in [0.717, 1.165) is 22.3 Å². The predicted molar refractivity (Wildman–Crippen MR) is 87.4 cm³/mol. The molecular formula is C20H16O5. The zero-order valence-corrected chi connectivity index (χ0v) is 13.4. The van der Waals surface area contributed by atoms with Crippen LogP contribution in [0.4, 0.5) is 0 Å². The molecule has 2 aromatic carbocycles. The summed E-state index contributed by atoms with van der Waals surface area (Å²) in [6, 6.07) is 11.8. The van der Waals surface area contributed by atoms with E-state index in [2.05, 4.69) is 0 Å². The van der Waals surface area contributed by atoms with Gasteiger partial charge in [0.15, 0.2) is 0 Å². The molecule has 2 bridgehead atoms. The molecule has 126 valence electrons. The summed E-state index contributed by atoms with van der Waals surface area (Å²) >= 11 is 0. The quantitative estimate of drug-likeness (QED) is 0.692. The average Bonchev–Trinajstić information content (AvgIpc) is 2.81. The molecular weight excluding hydrogens is 320 g/mol. The van der Waals surface area contributed by atoms with Crippen molar-refractivity contribution in [1.29, 1.82) is 0 Å². The highest BCUT2D eigenvalue weighted by atomic mass is 16.7. The highest BCUT2D eigenvalue weighted by Crippen LogP contribution is 2.56. The largest absolute Gasteiger partial charge is 0.448 e. The van der Waals surface area contributed by atoms with E-state index in [-0.39, 0.29) is 30.0 Å². The first kappa shape index (κ1) is 13.8. The molecule has 3 fully saturated rings. The molecule has 0 amide bonds. The standard InChI is InChI=1S/C20H16O5/c21-11-7-8-15-19-18(11)12(22)9-16(23-15)20(19)24-13-5-1-3-10-4-2-6-14(25-20)17(10)13/h1-6,15-16,18-19H,7-9H2. The molecule has 1 saturated heterocycles. The van der Waals surface area contributed by atoms with Crippen molar-refractivity contribution in [1.82, 2.24) is 0 Å². The van der Waals surface area contributed by atoms with Crippen LogP contribution in [0, 0.1) is 11.8 Å². The van der Waals surface area contributed by atoms with Crippen LogP contribution in [-0.4, -0.2) is 29.6 Å². The Kier molecular flexibility index (Phi) is 2.44. The number of rotatable bonds is 0. The van der Waals surface area contributed by atoms with Crippen LogP contribution in [0.5, 0.6) is 11.5 Å². The molecule has 2 aromatic rings. The Balaban J connectivity index is 1.56. The Labute approximate surface area is 143 Å². The fourth-order valence-corrected chi connectivity index (χ4v) is 5.15. The summed E-state index contributed by atoms with van der Waals surface area (Å²) in [5.74, 6) is -0.678. The molecule has 5 heteroatoms. The van der Waals surface area contributed by atoms with E-state index in [1.165, 1.54) is 0 Å². The second kappa shape index (κ2) is 4.41. The molecule has 6 rings (SSSR count). The zero-order valence-electron chi connectivity index (χ0n) is 13.4. The molecule has 4 aliphatic rings. The molecule has 0 radical (unpaired) electrons. The van der Waals surface area contributed by atoms with E-state index in [0.29, 0.717) is 12.8 Å². The van der Waals surface area contributed by atoms with E-state index in [1.54, 1.807) is 0 Å². The van der Waals surface area contributed by atoms with Gasteiger partial charge < -0.3 is 14.2 Å². The van der Waals surface area contributed by atoms with Gasteiger partial charge in [0.05, 0.1) is 23.3 Å². The summed E-state index contributed by atoms with van der Waals surface area (Å²) in [6.07, 6.45) is 0.558. The molecule has 2 heterocycles. The highest BCUT2D eigenvalue weighted by molar-refractivity contribution is 6.05. The summed E-state index contributed by atoms with van der Waals surface area (Å²) in [4.78, 5) is 25.0. The molecule has 2 saturated carbocycles. The van der Waals surface area contributed by atoms with Gasteiger partial charge >= 0.3 is 0 Å². The summed E-state index contributed by atoms with van der Waals surface area (Å²) in [6.45, 7) is 0. The van der Waals surface area contributed by atoms with Gasteiger partial charge in [0, 0.05) is 12.8 Å². The van der Waals surface area contributed by atoms with Crippen LogP contribution < -0.4 is 9.47 Å². The lowest BCUT2D eigenvalue weighted by atomic mass is 9.66. The van der Waals surface area contributed by atoms with Crippen LogP contribution in [0.3, 0.4) is 0 Å². The number of hydrogen-bond donors (Lipinski definition) is 0. The second-order valence-electron chi connectivity index (χ2n) is 7.38. The number of benzene rings is 2. The Morgan fingerprint density at radius 3 is 2.40 bits per heavy atom. The van der Waals surface area contributed by atoms with Gasteiger partial charge in [0.2, 0.25) is 0 Å². The molecule has 0 N–H and O–H groups in total. The Morgan fingerprint density at radius 1 is 0.960 bits per heavy atom. The third kappa shape index (κ3) is 1.57. The van der Waals surface area contributed by atoms with Gasteiger partial charge in [0.25, 0.3) is 5.79 Å². The number of ether oxygens (including phenoxy) is 3. The van der Waals surface area contributed by atoms with Crippen LogP contribution in [0.25, 0.3) is 10.8 Å². The van der Waals surface area contributed by atoms with E-state index < -0.39 is 17.8 Å². The van der Waals surface area contributed by atoms with Crippen molar-refractivity contribution >= 4 is 22.3 Å². The lowest BCUT2D eigenvalue weighted by Crippen LogP contribution is -2.64. The van der Waals surface area contributed by atoms with E-state index in [9.17, 15) is 9.59 Å². The van der Waals surface area contributed by atoms with Crippen molar-refractivity contribution < 1.29 is 23.8 Å².